The largest absolute Gasteiger partial charge is 0.468 e. The molecule has 0 radical (unpaired) electrons. The summed E-state index contributed by atoms with van der Waals surface area (Å²) in [4.78, 5) is 24.3. The van der Waals surface area contributed by atoms with Crippen LogP contribution in [0.4, 0.5) is 0 Å². The monoisotopic (exact) mass is 558 g/mol. The Hall–Kier alpha value is -3.48. The first-order chi connectivity index (χ1) is 19.2. The Morgan fingerprint density at radius 1 is 0.750 bits per heavy atom. The zero-order chi connectivity index (χ0) is 29.0. The zero-order valence-corrected chi connectivity index (χ0v) is 25.4. The molecule has 0 bridgehead atoms. The predicted octanol–water partition coefficient (Wildman–Crippen LogP) is 6.17. The quantitative estimate of drug-likeness (QED) is 0.143. The average molecular weight is 559 g/mol. The summed E-state index contributed by atoms with van der Waals surface area (Å²) >= 11 is 0. The van der Waals surface area contributed by atoms with Gasteiger partial charge in [0.15, 0.2) is 5.92 Å². The second kappa shape index (κ2) is 14.8. The van der Waals surface area contributed by atoms with E-state index in [0.29, 0.717) is 19.4 Å². The second-order valence-electron chi connectivity index (χ2n) is 11.0. The van der Waals surface area contributed by atoms with E-state index in [1.807, 2.05) is 30.3 Å². The maximum atomic E-state index is 12.2. The summed E-state index contributed by atoms with van der Waals surface area (Å²) in [5.74, 6) is -2.03. The zero-order valence-electron chi connectivity index (χ0n) is 24.4. The number of rotatable bonds is 13. The molecular formula is C34H42O5Si. The highest BCUT2D eigenvalue weighted by atomic mass is 28.4. The Kier molecular flexibility index (Phi) is 11.5. The average Bonchev–Trinajstić information content (AvgIpc) is 2.97. The number of carbonyl (C=O) groups is 2. The van der Waals surface area contributed by atoms with E-state index in [9.17, 15) is 9.59 Å². The molecule has 0 aliphatic carbocycles. The maximum Gasteiger partial charge on any atom is 0.320 e. The summed E-state index contributed by atoms with van der Waals surface area (Å²) < 4.78 is 16.8. The van der Waals surface area contributed by atoms with Gasteiger partial charge in [0.2, 0.25) is 0 Å². The van der Waals surface area contributed by atoms with Gasteiger partial charge in [0.05, 0.1) is 14.2 Å². The summed E-state index contributed by atoms with van der Waals surface area (Å²) in [6.07, 6.45) is 4.66. The van der Waals surface area contributed by atoms with E-state index in [2.05, 4.69) is 87.5 Å². The molecule has 0 saturated heterocycles. The van der Waals surface area contributed by atoms with E-state index < -0.39 is 26.2 Å². The van der Waals surface area contributed by atoms with Crippen LogP contribution in [-0.4, -0.2) is 41.1 Å². The lowest BCUT2D eigenvalue weighted by Gasteiger charge is -2.43. The second-order valence-corrected chi connectivity index (χ2v) is 15.3. The third-order valence-electron chi connectivity index (χ3n) is 7.29. The number of benzene rings is 3. The van der Waals surface area contributed by atoms with Gasteiger partial charge in [0.25, 0.3) is 8.32 Å². The maximum absolute atomic E-state index is 12.2. The van der Waals surface area contributed by atoms with Gasteiger partial charge in [-0.25, -0.2) is 0 Å². The summed E-state index contributed by atoms with van der Waals surface area (Å²) in [6, 6.07) is 31.5. The van der Waals surface area contributed by atoms with Crippen molar-refractivity contribution in [3.05, 3.63) is 102 Å². The lowest BCUT2D eigenvalue weighted by molar-refractivity contribution is -0.159. The summed E-state index contributed by atoms with van der Waals surface area (Å²) in [5, 5.41) is 2.40. The van der Waals surface area contributed by atoms with Crippen LogP contribution in [0.5, 0.6) is 0 Å². The molecule has 0 amide bonds. The van der Waals surface area contributed by atoms with Crippen LogP contribution >= 0.6 is 0 Å². The van der Waals surface area contributed by atoms with Crippen molar-refractivity contribution >= 4 is 36.7 Å². The Morgan fingerprint density at radius 3 is 1.68 bits per heavy atom. The predicted molar refractivity (Wildman–Crippen MR) is 164 cm³/mol. The first-order valence-electron chi connectivity index (χ1n) is 13.9. The minimum atomic E-state index is -2.65. The van der Waals surface area contributed by atoms with E-state index in [-0.39, 0.29) is 5.04 Å². The first-order valence-corrected chi connectivity index (χ1v) is 15.8. The molecular weight excluding hydrogens is 516 g/mol. The van der Waals surface area contributed by atoms with Gasteiger partial charge in [-0.15, -0.1) is 0 Å². The van der Waals surface area contributed by atoms with E-state index in [1.54, 1.807) is 0 Å². The van der Waals surface area contributed by atoms with Gasteiger partial charge in [-0.1, -0.05) is 123 Å². The van der Waals surface area contributed by atoms with Crippen LogP contribution in [0.3, 0.4) is 0 Å². The van der Waals surface area contributed by atoms with E-state index >= 15 is 0 Å². The minimum absolute atomic E-state index is 0.104. The molecule has 3 aromatic carbocycles. The van der Waals surface area contributed by atoms with Crippen molar-refractivity contribution < 1.29 is 23.5 Å². The topological polar surface area (TPSA) is 61.8 Å². The van der Waals surface area contributed by atoms with Crippen LogP contribution in [0, 0.1) is 5.92 Å². The molecule has 0 aliphatic rings. The van der Waals surface area contributed by atoms with E-state index in [0.717, 1.165) is 18.4 Å². The molecule has 5 nitrogen and oxygen atoms in total. The Labute approximate surface area is 240 Å². The van der Waals surface area contributed by atoms with Crippen LogP contribution in [0.2, 0.25) is 5.04 Å². The smallest absolute Gasteiger partial charge is 0.320 e. The number of methoxy groups -OCH3 is 2. The highest BCUT2D eigenvalue weighted by molar-refractivity contribution is 6.99. The van der Waals surface area contributed by atoms with Crippen LogP contribution in [0.25, 0.3) is 6.08 Å². The van der Waals surface area contributed by atoms with Crippen molar-refractivity contribution in [2.24, 2.45) is 5.92 Å². The standard InChI is InChI=1S/C34H42O5Si/c1-34(2,3)40(29-19-11-7-12-20-29,30-21-13-8-14-22-30)39-25-24-28(26-27-16-9-6-10-17-27)18-15-23-31(32(35)37-4)33(36)38-5/h6-14,16-17,19-22,26,31H,15,18,23-25H2,1-5H3/b28-26-. The van der Waals surface area contributed by atoms with Gasteiger partial charge < -0.3 is 13.9 Å². The molecule has 0 saturated carbocycles. The van der Waals surface area contributed by atoms with E-state index in [1.165, 1.54) is 30.2 Å². The number of hydrogen-bond donors (Lipinski definition) is 0. The van der Waals surface area contributed by atoms with Gasteiger partial charge in [-0.05, 0) is 46.7 Å². The first kappa shape index (κ1) is 31.0. The molecule has 0 heterocycles. The lowest BCUT2D eigenvalue weighted by Crippen LogP contribution is -2.66. The molecule has 0 N–H and O–H groups in total. The van der Waals surface area contributed by atoms with Gasteiger partial charge in [-0.3, -0.25) is 9.59 Å². The lowest BCUT2D eigenvalue weighted by atomic mass is 9.97. The Bertz CT molecular complexity index is 1180. The molecule has 0 atom stereocenters. The van der Waals surface area contributed by atoms with Crippen molar-refractivity contribution in [3.8, 4) is 0 Å². The molecule has 0 unspecified atom stereocenters. The molecule has 0 fully saturated rings. The fraction of sp³-hybridized carbons (Fsp3) is 0.353. The fourth-order valence-electron chi connectivity index (χ4n) is 5.30. The normalized spacial score (nSPS) is 12.3. The SMILES string of the molecule is COC(=O)C(CCC/C(=C/c1ccccc1)CCO[Si](c1ccccc1)(c1ccccc1)C(C)(C)C)C(=O)OC. The number of carbonyl (C=O) groups excluding carboxylic acids is 2. The van der Waals surface area contributed by atoms with Crippen LogP contribution in [-0.2, 0) is 23.5 Å². The molecule has 0 aliphatic heterocycles. The van der Waals surface area contributed by atoms with Crippen molar-refractivity contribution in [2.45, 2.75) is 51.5 Å². The third kappa shape index (κ3) is 7.80. The number of esters is 2. The molecule has 212 valence electrons. The van der Waals surface area contributed by atoms with Gasteiger partial charge in [0.1, 0.15) is 0 Å². The van der Waals surface area contributed by atoms with Gasteiger partial charge in [-0.2, -0.15) is 0 Å². The van der Waals surface area contributed by atoms with Crippen molar-refractivity contribution in [3.63, 3.8) is 0 Å². The molecule has 0 aromatic heterocycles. The molecule has 6 heteroatoms. The van der Waals surface area contributed by atoms with Crippen molar-refractivity contribution in [1.82, 2.24) is 0 Å². The van der Waals surface area contributed by atoms with Gasteiger partial charge >= 0.3 is 11.9 Å². The molecule has 40 heavy (non-hydrogen) atoms. The highest BCUT2D eigenvalue weighted by Gasteiger charge is 2.50. The van der Waals surface area contributed by atoms with Crippen LogP contribution < -0.4 is 10.4 Å². The molecule has 3 rings (SSSR count). The van der Waals surface area contributed by atoms with E-state index in [4.69, 9.17) is 13.9 Å². The summed E-state index contributed by atoms with van der Waals surface area (Å²) in [6.45, 7) is 7.39. The highest BCUT2D eigenvalue weighted by Crippen LogP contribution is 2.37. The summed E-state index contributed by atoms with van der Waals surface area (Å²) in [5.41, 5.74) is 2.32. The fourth-order valence-corrected chi connectivity index (χ4v) is 9.86. The Balaban J connectivity index is 1.86. The number of ether oxygens (including phenoxy) is 2. The van der Waals surface area contributed by atoms with Gasteiger partial charge in [0, 0.05) is 6.61 Å². The minimum Gasteiger partial charge on any atom is -0.468 e. The summed E-state index contributed by atoms with van der Waals surface area (Å²) in [7, 11) is -0.0609. The molecule has 3 aromatic rings. The van der Waals surface area contributed by atoms with Crippen LogP contribution in [0.15, 0.2) is 96.6 Å². The van der Waals surface area contributed by atoms with Crippen molar-refractivity contribution in [2.75, 3.05) is 20.8 Å². The third-order valence-corrected chi connectivity index (χ3v) is 12.3. The van der Waals surface area contributed by atoms with Crippen molar-refractivity contribution in [1.29, 1.82) is 0 Å². The van der Waals surface area contributed by atoms with Crippen LogP contribution in [0.1, 0.15) is 52.0 Å². The Morgan fingerprint density at radius 2 is 1.23 bits per heavy atom. The number of hydrogen-bond acceptors (Lipinski definition) is 5. The molecule has 0 spiro atoms.